The van der Waals surface area contributed by atoms with E-state index >= 15 is 0 Å². The number of phenols is 1. The van der Waals surface area contributed by atoms with Crippen molar-refractivity contribution in [1.82, 2.24) is 16.0 Å². The normalized spacial score (nSPS) is 13.7. The lowest BCUT2D eigenvalue weighted by Gasteiger charge is -2.25. The number of thiol groups is 1. The lowest BCUT2D eigenvalue weighted by atomic mass is 10.0. The van der Waals surface area contributed by atoms with Crippen molar-refractivity contribution in [2.45, 2.75) is 56.3 Å². The van der Waals surface area contributed by atoms with Crippen LogP contribution in [0.5, 0.6) is 5.75 Å². The highest BCUT2D eigenvalue weighted by molar-refractivity contribution is 7.80. The fraction of sp³-hybridized carbons (Fsp3) is 0.478. The van der Waals surface area contributed by atoms with Gasteiger partial charge in [0.05, 0.1) is 6.04 Å². The van der Waals surface area contributed by atoms with Crippen LogP contribution >= 0.6 is 12.6 Å². The number of phenolic OH excluding ortho intramolecular Hbond substituents is 1. The second-order valence-electron chi connectivity index (χ2n) is 8.56. The zero-order chi connectivity index (χ0) is 29.5. The summed E-state index contributed by atoms with van der Waals surface area (Å²) in [5.41, 5.74) is 16.9. The van der Waals surface area contributed by atoms with Gasteiger partial charge in [-0.15, -0.1) is 0 Å². The summed E-state index contributed by atoms with van der Waals surface area (Å²) in [5.74, 6) is -5.24. The summed E-state index contributed by atoms with van der Waals surface area (Å²) in [7, 11) is 0. The second kappa shape index (κ2) is 16.7. The third kappa shape index (κ3) is 12.8. The molecule has 0 spiro atoms. The number of carboxylic acids is 2. The van der Waals surface area contributed by atoms with Crippen LogP contribution in [0.3, 0.4) is 0 Å². The third-order valence-electron chi connectivity index (χ3n) is 5.39. The molecule has 0 heterocycles. The largest absolute Gasteiger partial charge is 0.508 e. The number of aliphatic carboxylic acids is 2. The van der Waals surface area contributed by atoms with E-state index < -0.39 is 53.8 Å². The number of aromatic hydroxyl groups is 1. The van der Waals surface area contributed by atoms with Crippen molar-refractivity contribution in [3.8, 4) is 5.75 Å². The predicted molar refractivity (Wildman–Crippen MR) is 144 cm³/mol. The number of nitrogens with zero attached hydrogens (tertiary/aromatic N) is 1. The SMILES string of the molecule is NC(N)=NCCCC(NC(=O)C(Cc1ccc(O)cc1)NC(=O)C(N)CCC(=O)O)C(=O)NC(CS)C(=O)O. The van der Waals surface area contributed by atoms with Gasteiger partial charge in [0.25, 0.3) is 0 Å². The van der Waals surface area contributed by atoms with E-state index in [1.165, 1.54) is 24.3 Å². The molecule has 16 heteroatoms. The molecule has 0 saturated carbocycles. The molecule has 15 nitrogen and oxygen atoms in total. The van der Waals surface area contributed by atoms with Gasteiger partial charge in [0.1, 0.15) is 23.9 Å². The van der Waals surface area contributed by atoms with Crippen LogP contribution in [0.1, 0.15) is 31.2 Å². The predicted octanol–water partition coefficient (Wildman–Crippen LogP) is -2.35. The Morgan fingerprint density at radius 2 is 1.44 bits per heavy atom. The number of carboxylic acid groups (broad SMARTS) is 2. The number of hydrogen-bond acceptors (Lipinski definition) is 9. The van der Waals surface area contributed by atoms with E-state index in [9.17, 15) is 34.2 Å². The molecule has 0 aromatic heterocycles. The summed E-state index contributed by atoms with van der Waals surface area (Å²) in [4.78, 5) is 64.8. The van der Waals surface area contributed by atoms with E-state index in [0.717, 1.165) is 0 Å². The number of aliphatic imine (C=N–C) groups is 1. The van der Waals surface area contributed by atoms with E-state index in [2.05, 4.69) is 33.6 Å². The van der Waals surface area contributed by atoms with Crippen molar-refractivity contribution in [1.29, 1.82) is 0 Å². The zero-order valence-corrected chi connectivity index (χ0v) is 22.0. The quantitative estimate of drug-likeness (QED) is 0.0410. The molecule has 0 aliphatic rings. The molecule has 0 aliphatic heterocycles. The highest BCUT2D eigenvalue weighted by Crippen LogP contribution is 2.12. The molecule has 1 aromatic carbocycles. The van der Waals surface area contributed by atoms with Crippen LogP contribution in [-0.4, -0.2) is 87.4 Å². The van der Waals surface area contributed by atoms with Crippen molar-refractivity contribution in [3.05, 3.63) is 29.8 Å². The van der Waals surface area contributed by atoms with Crippen LogP contribution in [0.15, 0.2) is 29.3 Å². The summed E-state index contributed by atoms with van der Waals surface area (Å²) in [5, 5.41) is 34.9. The maximum Gasteiger partial charge on any atom is 0.327 e. The van der Waals surface area contributed by atoms with Gasteiger partial charge < -0.3 is 48.5 Å². The molecule has 3 amide bonds. The Balaban J connectivity index is 3.14. The number of rotatable bonds is 17. The molecule has 0 radical (unpaired) electrons. The summed E-state index contributed by atoms with van der Waals surface area (Å²) < 4.78 is 0. The fourth-order valence-corrected chi connectivity index (χ4v) is 3.52. The topological polar surface area (TPSA) is 273 Å². The molecule has 39 heavy (non-hydrogen) atoms. The summed E-state index contributed by atoms with van der Waals surface area (Å²) in [6.07, 6.45) is -0.350. The van der Waals surface area contributed by atoms with Crippen LogP contribution in [0.25, 0.3) is 0 Å². The molecule has 1 rings (SSSR count). The van der Waals surface area contributed by atoms with Crippen LogP contribution in [0, 0.1) is 0 Å². The van der Waals surface area contributed by atoms with Gasteiger partial charge in [0, 0.05) is 25.1 Å². The van der Waals surface area contributed by atoms with Crippen molar-refractivity contribution in [2.75, 3.05) is 12.3 Å². The first-order valence-electron chi connectivity index (χ1n) is 11.9. The lowest BCUT2D eigenvalue weighted by molar-refractivity contribution is -0.141. The third-order valence-corrected chi connectivity index (χ3v) is 5.76. The Morgan fingerprint density at radius 1 is 0.872 bits per heavy atom. The van der Waals surface area contributed by atoms with Gasteiger partial charge >= 0.3 is 11.9 Å². The summed E-state index contributed by atoms with van der Waals surface area (Å²) in [6.45, 7) is 0.128. The molecule has 0 saturated heterocycles. The van der Waals surface area contributed by atoms with Gasteiger partial charge in [-0.3, -0.25) is 24.2 Å². The van der Waals surface area contributed by atoms with Gasteiger partial charge in [-0.25, -0.2) is 4.79 Å². The zero-order valence-electron chi connectivity index (χ0n) is 21.1. The smallest absolute Gasteiger partial charge is 0.327 e. The Bertz CT molecular complexity index is 1030. The van der Waals surface area contributed by atoms with Crippen molar-refractivity contribution < 1.29 is 39.3 Å². The standard InChI is InChI=1S/C23H35N7O8S/c24-14(7-8-18(32)33)19(34)29-16(10-12-3-5-13(31)6-4-12)21(36)28-15(2-1-9-27-23(25)26)20(35)30-17(11-39)22(37)38/h3-6,14-17,31,39H,1-2,7-11,24H2,(H,28,36)(H,29,34)(H,30,35)(H,32,33)(H,37,38)(H4,25,26,27). The van der Waals surface area contributed by atoms with Crippen LogP contribution in [0.4, 0.5) is 0 Å². The Morgan fingerprint density at radius 3 is 1.97 bits per heavy atom. The Kier molecular flexibility index (Phi) is 14.1. The summed E-state index contributed by atoms with van der Waals surface area (Å²) in [6, 6.07) is 0.784. The van der Waals surface area contributed by atoms with E-state index in [-0.39, 0.29) is 56.1 Å². The maximum absolute atomic E-state index is 13.3. The first-order valence-corrected chi connectivity index (χ1v) is 12.5. The Labute approximate surface area is 230 Å². The molecule has 0 bridgehead atoms. The van der Waals surface area contributed by atoms with E-state index in [1.54, 1.807) is 0 Å². The monoisotopic (exact) mass is 569 g/mol. The molecule has 12 N–H and O–H groups in total. The van der Waals surface area contributed by atoms with Gasteiger partial charge in [-0.1, -0.05) is 12.1 Å². The minimum Gasteiger partial charge on any atom is -0.508 e. The number of guanidine groups is 1. The molecule has 216 valence electrons. The van der Waals surface area contributed by atoms with Crippen molar-refractivity contribution >= 4 is 48.2 Å². The van der Waals surface area contributed by atoms with Crippen molar-refractivity contribution in [3.63, 3.8) is 0 Å². The molecule has 0 aliphatic carbocycles. The van der Waals surface area contributed by atoms with Crippen molar-refractivity contribution in [2.24, 2.45) is 22.2 Å². The van der Waals surface area contributed by atoms with E-state index in [4.69, 9.17) is 22.3 Å². The molecule has 1 aromatic rings. The average molecular weight is 570 g/mol. The molecule has 4 unspecified atom stereocenters. The first kappa shape index (κ1) is 33.0. The summed E-state index contributed by atoms with van der Waals surface area (Å²) >= 11 is 3.92. The van der Waals surface area contributed by atoms with Gasteiger partial charge in [-0.2, -0.15) is 12.6 Å². The van der Waals surface area contributed by atoms with Gasteiger partial charge in [-0.05, 0) is 37.0 Å². The van der Waals surface area contributed by atoms with E-state index in [0.29, 0.717) is 5.56 Å². The van der Waals surface area contributed by atoms with Gasteiger partial charge in [0.2, 0.25) is 17.7 Å². The minimum atomic E-state index is -1.32. The van der Waals surface area contributed by atoms with Crippen LogP contribution < -0.4 is 33.2 Å². The number of amides is 3. The molecule has 0 fully saturated rings. The van der Waals surface area contributed by atoms with E-state index in [1.807, 2.05) is 0 Å². The van der Waals surface area contributed by atoms with Crippen LogP contribution in [0.2, 0.25) is 0 Å². The number of nitrogens with two attached hydrogens (primary N) is 3. The second-order valence-corrected chi connectivity index (χ2v) is 8.93. The number of carbonyl (C=O) groups is 5. The number of nitrogens with one attached hydrogen (secondary N) is 3. The fourth-order valence-electron chi connectivity index (χ4n) is 3.27. The lowest BCUT2D eigenvalue weighted by Crippen LogP contribution is -2.57. The number of carbonyl (C=O) groups excluding carboxylic acids is 3. The minimum absolute atomic E-state index is 0.0191. The number of benzene rings is 1. The maximum atomic E-state index is 13.3. The Hall–Kier alpha value is -4.05. The molecule has 4 atom stereocenters. The molecular weight excluding hydrogens is 534 g/mol. The highest BCUT2D eigenvalue weighted by Gasteiger charge is 2.30. The first-order chi connectivity index (χ1) is 18.3. The van der Waals surface area contributed by atoms with Crippen LogP contribution in [-0.2, 0) is 30.4 Å². The van der Waals surface area contributed by atoms with Gasteiger partial charge in [0.15, 0.2) is 5.96 Å². The average Bonchev–Trinajstić information content (AvgIpc) is 2.87. The molecular formula is C23H35N7O8S. The number of hydrogen-bond donors (Lipinski definition) is 10. The highest BCUT2D eigenvalue weighted by atomic mass is 32.1.